The Bertz CT molecular complexity index is 994. The molecule has 5 fully saturated rings. The zero-order chi connectivity index (χ0) is 24.7. The Balaban J connectivity index is 1.24. The van der Waals surface area contributed by atoms with Gasteiger partial charge in [0.25, 0.3) is 0 Å². The van der Waals surface area contributed by atoms with Crippen molar-refractivity contribution in [3.63, 3.8) is 0 Å². The van der Waals surface area contributed by atoms with Crippen molar-refractivity contribution >= 4 is 6.21 Å². The van der Waals surface area contributed by atoms with E-state index in [1.54, 1.807) is 0 Å². The van der Waals surface area contributed by atoms with Crippen LogP contribution in [-0.2, 0) is 0 Å². The van der Waals surface area contributed by atoms with Crippen LogP contribution in [0.3, 0.4) is 0 Å². The monoisotopic (exact) mass is 466 g/mol. The summed E-state index contributed by atoms with van der Waals surface area (Å²) in [5.74, 6) is 2.67. The first kappa shape index (κ1) is 24.3. The van der Waals surface area contributed by atoms with Crippen molar-refractivity contribution in [2.24, 2.45) is 39.0 Å². The van der Waals surface area contributed by atoms with Gasteiger partial charge >= 0.3 is 0 Å². The number of aromatic hydroxyl groups is 1. The van der Waals surface area contributed by atoms with Crippen molar-refractivity contribution in [2.45, 2.75) is 98.1 Å². The van der Waals surface area contributed by atoms with E-state index in [4.69, 9.17) is 0 Å². The first-order valence-corrected chi connectivity index (χ1v) is 13.6. The normalized spacial score (nSPS) is 41.7. The van der Waals surface area contributed by atoms with E-state index in [9.17, 15) is 10.2 Å². The third kappa shape index (κ3) is 3.34. The molecule has 1 unspecified atom stereocenters. The number of benzene rings is 1. The number of nitrogens with one attached hydrogen (secondary N) is 1. The van der Waals surface area contributed by atoms with Crippen LogP contribution in [0.2, 0.25) is 0 Å². The maximum atomic E-state index is 11.3. The summed E-state index contributed by atoms with van der Waals surface area (Å²) in [4.78, 5) is 4.67. The van der Waals surface area contributed by atoms with Crippen LogP contribution in [0.4, 0.5) is 0 Å². The molecule has 0 spiro atoms. The predicted octanol–water partition coefficient (Wildman–Crippen LogP) is 5.82. The molecule has 4 bridgehead atoms. The van der Waals surface area contributed by atoms with Gasteiger partial charge in [-0.05, 0) is 103 Å². The van der Waals surface area contributed by atoms with Crippen LogP contribution < -0.4 is 5.32 Å². The van der Waals surface area contributed by atoms with Crippen molar-refractivity contribution in [1.82, 2.24) is 5.32 Å². The van der Waals surface area contributed by atoms with Crippen LogP contribution in [-0.4, -0.2) is 41.2 Å². The topological polar surface area (TPSA) is 64.9 Å². The number of fused-ring (bicyclic) bond motifs is 4. The second kappa shape index (κ2) is 7.80. The first-order chi connectivity index (χ1) is 15.8. The lowest BCUT2D eigenvalue weighted by molar-refractivity contribution is -0.208. The summed E-state index contributed by atoms with van der Waals surface area (Å²) in [6.45, 7) is 17.4. The largest absolute Gasteiger partial charge is 0.507 e. The highest BCUT2D eigenvalue weighted by Gasteiger charge is 2.63. The van der Waals surface area contributed by atoms with Gasteiger partial charge in [0.15, 0.2) is 0 Å². The fraction of sp³-hybridized carbons (Fsp3) is 0.767. The van der Waals surface area contributed by atoms with Crippen molar-refractivity contribution in [2.75, 3.05) is 13.1 Å². The molecule has 0 heterocycles. The van der Waals surface area contributed by atoms with E-state index in [0.29, 0.717) is 35.5 Å². The van der Waals surface area contributed by atoms with Gasteiger partial charge in [0, 0.05) is 24.4 Å². The molecule has 6 rings (SSSR count). The van der Waals surface area contributed by atoms with E-state index in [1.165, 1.54) is 24.8 Å². The Kier molecular flexibility index (Phi) is 5.58. The Morgan fingerprint density at radius 2 is 1.79 bits per heavy atom. The number of aliphatic imine (C=N–C) groups is 1. The molecule has 188 valence electrons. The lowest BCUT2D eigenvalue weighted by Gasteiger charge is -2.65. The lowest BCUT2D eigenvalue weighted by Crippen LogP contribution is -2.69. The number of phenols is 1. The maximum Gasteiger partial charge on any atom is 0.127 e. The van der Waals surface area contributed by atoms with Crippen molar-refractivity contribution in [3.05, 3.63) is 28.8 Å². The van der Waals surface area contributed by atoms with Crippen LogP contribution in [0.15, 0.2) is 17.1 Å². The van der Waals surface area contributed by atoms with Gasteiger partial charge in [-0.1, -0.05) is 40.7 Å². The standard InChI is InChI=1S/C30H46N2O2/c1-18-12-19(26(33)22(13-18)23-14-20-8-9-29(23,6)28(20,4)5)17-31-10-11-32-25-16-21-15-24(27(21,2)3)30(25,7)34/h12-13,17,20-21,23-25,32-34H,8-11,14-16H2,1-7H3/t20-,21+,23+,24+,25?,29+,30+/m0/s1. The fourth-order valence-corrected chi connectivity index (χ4v) is 8.80. The summed E-state index contributed by atoms with van der Waals surface area (Å²) in [5, 5.41) is 26.0. The van der Waals surface area contributed by atoms with Crippen molar-refractivity contribution in [1.29, 1.82) is 0 Å². The van der Waals surface area contributed by atoms with Crippen LogP contribution in [0.25, 0.3) is 0 Å². The zero-order valence-electron chi connectivity index (χ0n) is 22.4. The van der Waals surface area contributed by atoms with E-state index in [-0.39, 0.29) is 16.9 Å². The highest BCUT2D eigenvalue weighted by atomic mass is 16.3. The van der Waals surface area contributed by atoms with Crippen LogP contribution in [0.5, 0.6) is 5.75 Å². The van der Waals surface area contributed by atoms with Crippen molar-refractivity contribution in [3.8, 4) is 5.75 Å². The van der Waals surface area contributed by atoms with Gasteiger partial charge in [0.1, 0.15) is 5.75 Å². The molecular weight excluding hydrogens is 420 g/mol. The summed E-state index contributed by atoms with van der Waals surface area (Å²) in [5.41, 5.74) is 3.32. The van der Waals surface area contributed by atoms with Gasteiger partial charge in [0.05, 0.1) is 12.1 Å². The molecule has 1 aromatic carbocycles. The molecule has 5 aliphatic rings. The lowest BCUT2D eigenvalue weighted by atomic mass is 9.43. The van der Waals surface area contributed by atoms with E-state index in [0.717, 1.165) is 36.4 Å². The molecule has 4 heteroatoms. The smallest absolute Gasteiger partial charge is 0.127 e. The number of nitrogens with zero attached hydrogens (tertiary/aromatic N) is 1. The minimum atomic E-state index is -0.657. The van der Waals surface area contributed by atoms with Gasteiger partial charge in [0.2, 0.25) is 0 Å². The number of aryl methyl sites for hydroxylation is 1. The Labute approximate surface area is 206 Å². The summed E-state index contributed by atoms with van der Waals surface area (Å²) in [6.07, 6.45) is 7.81. The molecule has 5 saturated carbocycles. The van der Waals surface area contributed by atoms with Crippen molar-refractivity contribution < 1.29 is 10.2 Å². The Morgan fingerprint density at radius 1 is 1.06 bits per heavy atom. The average Bonchev–Trinajstić information content (AvgIpc) is 3.09. The predicted molar refractivity (Wildman–Crippen MR) is 140 cm³/mol. The van der Waals surface area contributed by atoms with E-state index in [1.807, 2.05) is 13.1 Å². The van der Waals surface area contributed by atoms with E-state index in [2.05, 4.69) is 64.0 Å². The third-order valence-electron chi connectivity index (χ3n) is 11.7. The third-order valence-corrected chi connectivity index (χ3v) is 11.7. The number of hydrogen-bond acceptors (Lipinski definition) is 4. The molecule has 1 aromatic rings. The van der Waals surface area contributed by atoms with Gasteiger partial charge in [-0.2, -0.15) is 0 Å². The second-order valence-electron chi connectivity index (χ2n) is 13.8. The summed E-state index contributed by atoms with van der Waals surface area (Å²) in [7, 11) is 0. The molecule has 0 aromatic heterocycles. The molecule has 0 saturated heterocycles. The highest BCUT2D eigenvalue weighted by molar-refractivity contribution is 5.84. The Morgan fingerprint density at radius 3 is 2.38 bits per heavy atom. The average molecular weight is 467 g/mol. The molecule has 0 amide bonds. The molecule has 4 nitrogen and oxygen atoms in total. The number of hydrogen-bond donors (Lipinski definition) is 3. The van der Waals surface area contributed by atoms with E-state index >= 15 is 0 Å². The molecule has 0 radical (unpaired) electrons. The molecule has 7 atom stereocenters. The molecule has 34 heavy (non-hydrogen) atoms. The SMILES string of the molecule is Cc1cc(C=NCCNC2C[C@H]3C[C@H](C3(C)C)[C@@]2(C)O)c(O)c([C@H]2C[C@@H]3CC[C@@]2(C)C3(C)C)c1. The van der Waals surface area contributed by atoms with Crippen LogP contribution in [0.1, 0.15) is 96.3 Å². The number of aliphatic hydroxyl groups is 1. The van der Waals surface area contributed by atoms with Gasteiger partial charge in [-0.15, -0.1) is 0 Å². The van der Waals surface area contributed by atoms with Gasteiger partial charge in [-0.25, -0.2) is 0 Å². The number of rotatable bonds is 6. The minimum Gasteiger partial charge on any atom is -0.507 e. The van der Waals surface area contributed by atoms with Crippen LogP contribution >= 0.6 is 0 Å². The summed E-state index contributed by atoms with van der Waals surface area (Å²) < 4.78 is 0. The zero-order valence-corrected chi connectivity index (χ0v) is 22.4. The molecule has 3 N–H and O–H groups in total. The second-order valence-corrected chi connectivity index (χ2v) is 13.8. The maximum absolute atomic E-state index is 11.3. The highest BCUT2D eigenvalue weighted by Crippen LogP contribution is 2.71. The Hall–Kier alpha value is -1.39. The fourth-order valence-electron chi connectivity index (χ4n) is 8.80. The van der Waals surface area contributed by atoms with Gasteiger partial charge in [-0.3, -0.25) is 4.99 Å². The van der Waals surface area contributed by atoms with E-state index < -0.39 is 5.60 Å². The number of phenolic OH excluding ortho intramolecular Hbond substituents is 1. The molecular formula is C30H46N2O2. The van der Waals surface area contributed by atoms with Gasteiger partial charge < -0.3 is 15.5 Å². The van der Waals surface area contributed by atoms with Crippen LogP contribution in [0, 0.1) is 40.9 Å². The minimum absolute atomic E-state index is 0.139. The summed E-state index contributed by atoms with van der Waals surface area (Å²) in [6, 6.07) is 4.40. The quantitative estimate of drug-likeness (QED) is 0.365. The molecule has 5 aliphatic carbocycles. The summed E-state index contributed by atoms with van der Waals surface area (Å²) >= 11 is 0. The molecule has 0 aliphatic heterocycles. The first-order valence-electron chi connectivity index (χ1n) is 13.6.